The molecule has 2 N–H and O–H groups in total. The van der Waals surface area contributed by atoms with Crippen LogP contribution in [0.15, 0.2) is 47.4 Å². The van der Waals surface area contributed by atoms with E-state index in [9.17, 15) is 18.0 Å². The molecule has 0 fully saturated rings. The van der Waals surface area contributed by atoms with Gasteiger partial charge < -0.3 is 14.8 Å². The number of hydrogen-bond acceptors (Lipinski definition) is 6. The lowest BCUT2D eigenvalue weighted by molar-refractivity contribution is -0.125. The predicted octanol–water partition coefficient (Wildman–Crippen LogP) is 2.73. The van der Waals surface area contributed by atoms with E-state index < -0.39 is 28.5 Å². The summed E-state index contributed by atoms with van der Waals surface area (Å²) in [7, 11) is -2.56. The standard InChI is InChI=1S/C23H28N2O6S/c1-15(2)25-32(28,29)21-13-17(11-12-20(21)30-3)23(27)31-14-22(26)24-19-10-6-8-16-7-4-5-9-18(16)19/h4-5,7,9,11-13,15,19,25H,6,8,10,14H2,1-3H3,(H,24,26). The molecule has 0 radical (unpaired) electrons. The lowest BCUT2D eigenvalue weighted by atomic mass is 9.88. The van der Waals surface area contributed by atoms with Crippen molar-refractivity contribution in [3.05, 3.63) is 59.2 Å². The molecule has 0 spiro atoms. The molecule has 0 saturated heterocycles. The molecule has 0 heterocycles. The molecule has 0 saturated carbocycles. The van der Waals surface area contributed by atoms with Crippen molar-refractivity contribution in [3.63, 3.8) is 0 Å². The van der Waals surface area contributed by atoms with Crippen LogP contribution in [0.25, 0.3) is 0 Å². The van der Waals surface area contributed by atoms with Crippen molar-refractivity contribution in [2.45, 2.75) is 50.1 Å². The molecular formula is C23H28N2O6S. The maximum Gasteiger partial charge on any atom is 0.338 e. The lowest BCUT2D eigenvalue weighted by Gasteiger charge is -2.26. The van der Waals surface area contributed by atoms with Gasteiger partial charge in [0, 0.05) is 6.04 Å². The normalized spacial score (nSPS) is 15.7. The molecule has 2 aromatic carbocycles. The number of esters is 1. The highest BCUT2D eigenvalue weighted by molar-refractivity contribution is 7.89. The summed E-state index contributed by atoms with van der Waals surface area (Å²) in [4.78, 5) is 24.7. The molecule has 172 valence electrons. The molecule has 1 aliphatic rings. The predicted molar refractivity (Wildman–Crippen MR) is 119 cm³/mol. The first-order valence-corrected chi connectivity index (χ1v) is 11.9. The van der Waals surface area contributed by atoms with E-state index in [0.717, 1.165) is 24.8 Å². The highest BCUT2D eigenvalue weighted by Gasteiger charge is 2.24. The Labute approximate surface area is 188 Å². The molecule has 0 bridgehead atoms. The van der Waals surface area contributed by atoms with Gasteiger partial charge in [-0.3, -0.25) is 4.79 Å². The second-order valence-electron chi connectivity index (χ2n) is 7.93. The number of benzene rings is 2. The highest BCUT2D eigenvalue weighted by Crippen LogP contribution is 2.29. The first kappa shape index (κ1) is 23.7. The van der Waals surface area contributed by atoms with Crippen molar-refractivity contribution in [1.29, 1.82) is 0 Å². The highest BCUT2D eigenvalue weighted by atomic mass is 32.2. The summed E-state index contributed by atoms with van der Waals surface area (Å²) in [6.45, 7) is 2.91. The van der Waals surface area contributed by atoms with Gasteiger partial charge in [-0.15, -0.1) is 0 Å². The van der Waals surface area contributed by atoms with Gasteiger partial charge in [0.05, 0.1) is 18.7 Å². The third-order valence-corrected chi connectivity index (χ3v) is 6.80. The zero-order chi connectivity index (χ0) is 23.3. The Hall–Kier alpha value is -2.91. The van der Waals surface area contributed by atoms with Crippen LogP contribution in [-0.4, -0.2) is 40.1 Å². The fraction of sp³-hybridized carbons (Fsp3) is 0.391. The largest absolute Gasteiger partial charge is 0.495 e. The van der Waals surface area contributed by atoms with Gasteiger partial charge in [-0.1, -0.05) is 24.3 Å². The number of rotatable bonds is 8. The summed E-state index contributed by atoms with van der Waals surface area (Å²) < 4.78 is 37.9. The van der Waals surface area contributed by atoms with Gasteiger partial charge in [-0.2, -0.15) is 0 Å². The van der Waals surface area contributed by atoms with Gasteiger partial charge in [0.1, 0.15) is 10.6 Å². The number of ether oxygens (including phenoxy) is 2. The zero-order valence-electron chi connectivity index (χ0n) is 18.4. The van der Waals surface area contributed by atoms with Crippen LogP contribution >= 0.6 is 0 Å². The maximum atomic E-state index is 12.6. The number of carbonyl (C=O) groups excluding carboxylic acids is 2. The van der Waals surface area contributed by atoms with E-state index in [4.69, 9.17) is 9.47 Å². The number of sulfonamides is 1. The van der Waals surface area contributed by atoms with Gasteiger partial charge in [0.15, 0.2) is 6.61 Å². The average molecular weight is 461 g/mol. The third kappa shape index (κ3) is 5.66. The quantitative estimate of drug-likeness (QED) is 0.586. The Bertz CT molecular complexity index is 1100. The van der Waals surface area contributed by atoms with Gasteiger partial charge in [-0.05, 0) is 62.4 Å². The Kier molecular flexibility index (Phi) is 7.52. The van der Waals surface area contributed by atoms with Crippen LogP contribution in [0.3, 0.4) is 0 Å². The van der Waals surface area contributed by atoms with Gasteiger partial charge >= 0.3 is 5.97 Å². The van der Waals surface area contributed by atoms with E-state index in [0.29, 0.717) is 0 Å². The van der Waals surface area contributed by atoms with E-state index in [1.165, 1.54) is 30.9 Å². The second kappa shape index (κ2) is 10.1. The second-order valence-corrected chi connectivity index (χ2v) is 9.61. The van der Waals surface area contributed by atoms with Crippen molar-refractivity contribution in [2.75, 3.05) is 13.7 Å². The number of hydrogen-bond donors (Lipinski definition) is 2. The molecule has 9 heteroatoms. The fourth-order valence-electron chi connectivity index (χ4n) is 3.74. The monoisotopic (exact) mass is 460 g/mol. The van der Waals surface area contributed by atoms with E-state index in [1.54, 1.807) is 13.8 Å². The number of methoxy groups -OCH3 is 1. The molecule has 1 atom stereocenters. The van der Waals surface area contributed by atoms with Gasteiger partial charge in [0.2, 0.25) is 10.0 Å². The van der Waals surface area contributed by atoms with Crippen LogP contribution in [0, 0.1) is 0 Å². The minimum Gasteiger partial charge on any atom is -0.495 e. The number of nitrogens with one attached hydrogen (secondary N) is 2. The molecule has 0 aromatic heterocycles. The van der Waals surface area contributed by atoms with E-state index in [1.807, 2.05) is 18.2 Å². The number of aryl methyl sites for hydroxylation is 1. The molecule has 32 heavy (non-hydrogen) atoms. The molecule has 1 unspecified atom stereocenters. The molecular weight excluding hydrogens is 432 g/mol. The van der Waals surface area contributed by atoms with Crippen LogP contribution in [0.4, 0.5) is 0 Å². The molecule has 8 nitrogen and oxygen atoms in total. The number of fused-ring (bicyclic) bond motifs is 1. The molecule has 3 rings (SSSR count). The van der Waals surface area contributed by atoms with Gasteiger partial charge in [-0.25, -0.2) is 17.9 Å². The third-order valence-electron chi connectivity index (χ3n) is 5.12. The van der Waals surface area contributed by atoms with Crippen LogP contribution < -0.4 is 14.8 Å². The summed E-state index contributed by atoms with van der Waals surface area (Å²) in [6.07, 6.45) is 2.76. The van der Waals surface area contributed by atoms with Crippen molar-refractivity contribution in [3.8, 4) is 5.75 Å². The van der Waals surface area contributed by atoms with E-state index >= 15 is 0 Å². The Morgan fingerprint density at radius 1 is 1.16 bits per heavy atom. The van der Waals surface area contributed by atoms with Crippen molar-refractivity contribution < 1.29 is 27.5 Å². The maximum absolute atomic E-state index is 12.6. The topological polar surface area (TPSA) is 111 Å². The summed E-state index contributed by atoms with van der Waals surface area (Å²) in [6, 6.07) is 11.5. The van der Waals surface area contributed by atoms with Crippen molar-refractivity contribution in [1.82, 2.24) is 10.0 Å². The minimum atomic E-state index is -3.90. The van der Waals surface area contributed by atoms with E-state index in [-0.39, 0.29) is 28.3 Å². The summed E-state index contributed by atoms with van der Waals surface area (Å²) >= 11 is 0. The summed E-state index contributed by atoms with van der Waals surface area (Å²) in [5.41, 5.74) is 2.30. The Balaban J connectivity index is 1.66. The first-order chi connectivity index (χ1) is 15.2. The Morgan fingerprint density at radius 2 is 1.91 bits per heavy atom. The molecule has 1 amide bonds. The molecule has 0 aliphatic heterocycles. The zero-order valence-corrected chi connectivity index (χ0v) is 19.2. The van der Waals surface area contributed by atoms with Crippen molar-refractivity contribution >= 4 is 21.9 Å². The van der Waals surface area contributed by atoms with E-state index in [2.05, 4.69) is 16.1 Å². The minimum absolute atomic E-state index is 0.00532. The van der Waals surface area contributed by atoms with Crippen molar-refractivity contribution in [2.24, 2.45) is 0 Å². The van der Waals surface area contributed by atoms with Gasteiger partial charge in [0.25, 0.3) is 5.91 Å². The summed E-state index contributed by atoms with van der Waals surface area (Å²) in [5.74, 6) is -1.11. The lowest BCUT2D eigenvalue weighted by Crippen LogP contribution is -2.34. The molecule has 2 aromatic rings. The summed E-state index contributed by atoms with van der Waals surface area (Å²) in [5, 5.41) is 2.92. The smallest absolute Gasteiger partial charge is 0.338 e. The Morgan fingerprint density at radius 3 is 2.62 bits per heavy atom. The van der Waals surface area contributed by atoms with Crippen LogP contribution in [0.5, 0.6) is 5.75 Å². The average Bonchev–Trinajstić information content (AvgIpc) is 2.76. The SMILES string of the molecule is COc1ccc(C(=O)OCC(=O)NC2CCCc3ccccc32)cc1S(=O)(=O)NC(C)C. The van der Waals surface area contributed by atoms with Crippen LogP contribution in [0.1, 0.15) is 54.2 Å². The number of amides is 1. The first-order valence-electron chi connectivity index (χ1n) is 10.5. The number of carbonyl (C=O) groups is 2. The van der Waals surface area contributed by atoms with Crippen LogP contribution in [0.2, 0.25) is 0 Å². The van der Waals surface area contributed by atoms with Crippen LogP contribution in [-0.2, 0) is 26.0 Å². The fourth-order valence-corrected chi connectivity index (χ4v) is 5.19. The molecule has 1 aliphatic carbocycles.